The molecular weight excluding hydrogens is 246 g/mol. The highest BCUT2D eigenvalue weighted by Crippen LogP contribution is 2.12. The molecule has 1 atom stereocenters. The summed E-state index contributed by atoms with van der Waals surface area (Å²) in [5.74, 6) is 0. The zero-order valence-corrected chi connectivity index (χ0v) is 11.9. The standard InChI is InChI=1S/C13H25N3O3/c1-15(2)13(17)16-5-3-11(4-6-16)14-9-12-10-18-7-8-19-12/h11-12,14H,3-10H2,1-2H3. The Labute approximate surface area is 115 Å². The lowest BCUT2D eigenvalue weighted by Gasteiger charge is -2.35. The highest BCUT2D eigenvalue weighted by Gasteiger charge is 2.24. The normalized spacial score (nSPS) is 25.4. The van der Waals surface area contributed by atoms with Gasteiger partial charge in [0.05, 0.1) is 25.9 Å². The number of likely N-dealkylation sites (tertiary alicyclic amines) is 1. The predicted molar refractivity (Wildman–Crippen MR) is 72.2 cm³/mol. The molecule has 2 amide bonds. The molecule has 110 valence electrons. The molecule has 6 heteroatoms. The smallest absolute Gasteiger partial charge is 0.319 e. The maximum Gasteiger partial charge on any atom is 0.319 e. The number of nitrogens with zero attached hydrogens (tertiary/aromatic N) is 2. The Morgan fingerprint density at radius 3 is 2.63 bits per heavy atom. The molecule has 2 heterocycles. The van der Waals surface area contributed by atoms with Gasteiger partial charge in [-0.3, -0.25) is 0 Å². The summed E-state index contributed by atoms with van der Waals surface area (Å²) in [5.41, 5.74) is 0. The van der Waals surface area contributed by atoms with Crippen LogP contribution in [0.25, 0.3) is 0 Å². The second kappa shape index (κ2) is 7.07. The minimum absolute atomic E-state index is 0.113. The Morgan fingerprint density at radius 1 is 1.32 bits per heavy atom. The molecule has 19 heavy (non-hydrogen) atoms. The van der Waals surface area contributed by atoms with Gasteiger partial charge in [0.1, 0.15) is 0 Å². The Bertz CT molecular complexity index is 285. The van der Waals surface area contributed by atoms with Crippen LogP contribution < -0.4 is 5.32 Å². The van der Waals surface area contributed by atoms with Gasteiger partial charge in [0, 0.05) is 39.8 Å². The summed E-state index contributed by atoms with van der Waals surface area (Å²) in [4.78, 5) is 15.4. The first-order valence-electron chi connectivity index (χ1n) is 7.06. The highest BCUT2D eigenvalue weighted by atomic mass is 16.6. The molecule has 2 fully saturated rings. The van der Waals surface area contributed by atoms with Crippen LogP contribution in [0.5, 0.6) is 0 Å². The van der Waals surface area contributed by atoms with Crippen molar-refractivity contribution in [3.8, 4) is 0 Å². The van der Waals surface area contributed by atoms with Gasteiger partial charge in [-0.05, 0) is 12.8 Å². The number of ether oxygens (including phenoxy) is 2. The summed E-state index contributed by atoms with van der Waals surface area (Å²) >= 11 is 0. The largest absolute Gasteiger partial charge is 0.376 e. The van der Waals surface area contributed by atoms with Crippen molar-refractivity contribution in [2.45, 2.75) is 25.0 Å². The van der Waals surface area contributed by atoms with Crippen molar-refractivity contribution < 1.29 is 14.3 Å². The molecule has 6 nitrogen and oxygen atoms in total. The average Bonchev–Trinajstić information content (AvgIpc) is 2.46. The van der Waals surface area contributed by atoms with Crippen LogP contribution in [-0.2, 0) is 9.47 Å². The summed E-state index contributed by atoms with van der Waals surface area (Å²) in [6.07, 6.45) is 2.19. The van der Waals surface area contributed by atoms with E-state index in [9.17, 15) is 4.79 Å². The lowest BCUT2D eigenvalue weighted by molar-refractivity contribution is -0.0873. The van der Waals surface area contributed by atoms with Crippen molar-refractivity contribution in [2.24, 2.45) is 0 Å². The summed E-state index contributed by atoms with van der Waals surface area (Å²) in [7, 11) is 3.60. The number of amides is 2. The van der Waals surface area contributed by atoms with Gasteiger partial charge in [0.25, 0.3) is 0 Å². The lowest BCUT2D eigenvalue weighted by atomic mass is 10.1. The molecule has 0 bridgehead atoms. The molecule has 0 radical (unpaired) electrons. The first-order chi connectivity index (χ1) is 9.16. The third-order valence-electron chi connectivity index (χ3n) is 3.67. The zero-order chi connectivity index (χ0) is 13.7. The van der Waals surface area contributed by atoms with Crippen LogP contribution in [0.2, 0.25) is 0 Å². The van der Waals surface area contributed by atoms with E-state index in [1.165, 1.54) is 0 Å². The first-order valence-corrected chi connectivity index (χ1v) is 7.06. The molecule has 0 spiro atoms. The van der Waals surface area contributed by atoms with Gasteiger partial charge < -0.3 is 24.6 Å². The predicted octanol–water partition coefficient (Wildman–Crippen LogP) is 0.137. The molecule has 2 aliphatic rings. The Kier molecular flexibility index (Phi) is 5.42. The fraction of sp³-hybridized carbons (Fsp3) is 0.923. The molecule has 0 aliphatic carbocycles. The van der Waals surface area contributed by atoms with E-state index < -0.39 is 0 Å². The maximum absolute atomic E-state index is 11.8. The number of hydrogen-bond acceptors (Lipinski definition) is 4. The Balaban J connectivity index is 1.64. The van der Waals surface area contributed by atoms with Crippen molar-refractivity contribution in [2.75, 3.05) is 53.6 Å². The van der Waals surface area contributed by atoms with Crippen molar-refractivity contribution >= 4 is 6.03 Å². The van der Waals surface area contributed by atoms with Crippen molar-refractivity contribution in [1.29, 1.82) is 0 Å². The van der Waals surface area contributed by atoms with Gasteiger partial charge in [-0.15, -0.1) is 0 Å². The molecular formula is C13H25N3O3. The minimum atomic E-state index is 0.113. The van der Waals surface area contributed by atoms with Crippen LogP contribution in [0, 0.1) is 0 Å². The third-order valence-corrected chi connectivity index (χ3v) is 3.67. The SMILES string of the molecule is CN(C)C(=O)N1CCC(NCC2COCCO2)CC1. The second-order valence-corrected chi connectivity index (χ2v) is 5.41. The van der Waals surface area contributed by atoms with E-state index in [1.807, 2.05) is 4.90 Å². The summed E-state index contributed by atoms with van der Waals surface area (Å²) < 4.78 is 11.0. The van der Waals surface area contributed by atoms with Crippen LogP contribution >= 0.6 is 0 Å². The molecule has 0 saturated carbocycles. The van der Waals surface area contributed by atoms with E-state index in [0.717, 1.165) is 32.5 Å². The monoisotopic (exact) mass is 271 g/mol. The summed E-state index contributed by atoms with van der Waals surface area (Å²) in [6, 6.07) is 0.596. The number of nitrogens with one attached hydrogen (secondary N) is 1. The number of piperidine rings is 1. The van der Waals surface area contributed by atoms with Crippen LogP contribution in [-0.4, -0.2) is 81.5 Å². The van der Waals surface area contributed by atoms with E-state index in [4.69, 9.17) is 9.47 Å². The van der Waals surface area contributed by atoms with Crippen LogP contribution in [0.4, 0.5) is 4.79 Å². The van der Waals surface area contributed by atoms with Gasteiger partial charge in [0.2, 0.25) is 0 Å². The van der Waals surface area contributed by atoms with Gasteiger partial charge in [0.15, 0.2) is 0 Å². The molecule has 0 aromatic carbocycles. The van der Waals surface area contributed by atoms with E-state index >= 15 is 0 Å². The van der Waals surface area contributed by atoms with Gasteiger partial charge in [-0.25, -0.2) is 4.79 Å². The highest BCUT2D eigenvalue weighted by molar-refractivity contribution is 5.73. The lowest BCUT2D eigenvalue weighted by Crippen LogP contribution is -2.49. The summed E-state index contributed by atoms with van der Waals surface area (Å²) in [5, 5.41) is 3.52. The second-order valence-electron chi connectivity index (χ2n) is 5.41. The van der Waals surface area contributed by atoms with E-state index in [0.29, 0.717) is 25.9 Å². The van der Waals surface area contributed by atoms with E-state index in [1.54, 1.807) is 19.0 Å². The average molecular weight is 271 g/mol. The number of rotatable bonds is 3. The van der Waals surface area contributed by atoms with Crippen molar-refractivity contribution in [3.05, 3.63) is 0 Å². The summed E-state index contributed by atoms with van der Waals surface area (Å²) in [6.45, 7) is 4.59. The topological polar surface area (TPSA) is 54.0 Å². The van der Waals surface area contributed by atoms with Crippen molar-refractivity contribution in [1.82, 2.24) is 15.1 Å². The fourth-order valence-electron chi connectivity index (χ4n) is 2.51. The molecule has 0 aromatic rings. The van der Waals surface area contributed by atoms with Crippen LogP contribution in [0.3, 0.4) is 0 Å². The Hall–Kier alpha value is -0.850. The zero-order valence-electron chi connectivity index (χ0n) is 11.9. The number of urea groups is 1. The van der Waals surface area contributed by atoms with Gasteiger partial charge in [-0.2, -0.15) is 0 Å². The van der Waals surface area contributed by atoms with E-state index in [-0.39, 0.29) is 12.1 Å². The number of hydrogen-bond donors (Lipinski definition) is 1. The molecule has 2 aliphatic heterocycles. The van der Waals surface area contributed by atoms with Crippen LogP contribution in [0.1, 0.15) is 12.8 Å². The minimum Gasteiger partial charge on any atom is -0.376 e. The molecule has 1 unspecified atom stereocenters. The van der Waals surface area contributed by atoms with Crippen LogP contribution in [0.15, 0.2) is 0 Å². The molecule has 0 aromatic heterocycles. The van der Waals surface area contributed by atoms with Gasteiger partial charge >= 0.3 is 6.03 Å². The maximum atomic E-state index is 11.8. The molecule has 2 rings (SSSR count). The quantitative estimate of drug-likeness (QED) is 0.793. The third kappa shape index (κ3) is 4.33. The first kappa shape index (κ1) is 14.6. The molecule has 1 N–H and O–H groups in total. The van der Waals surface area contributed by atoms with Crippen molar-refractivity contribution in [3.63, 3.8) is 0 Å². The van der Waals surface area contributed by atoms with E-state index in [2.05, 4.69) is 5.32 Å². The number of carbonyl (C=O) groups is 1. The molecule has 2 saturated heterocycles. The fourth-order valence-corrected chi connectivity index (χ4v) is 2.51. The Morgan fingerprint density at radius 2 is 2.05 bits per heavy atom. The number of carbonyl (C=O) groups excluding carboxylic acids is 1. The van der Waals surface area contributed by atoms with Gasteiger partial charge in [-0.1, -0.05) is 0 Å².